The first-order valence-corrected chi connectivity index (χ1v) is 12.9. The molecule has 4 nitrogen and oxygen atoms in total. The van der Waals surface area contributed by atoms with Crippen molar-refractivity contribution >= 4 is 11.6 Å². The van der Waals surface area contributed by atoms with E-state index in [1.54, 1.807) is 18.2 Å². The second-order valence-electron chi connectivity index (χ2n) is 11.1. The van der Waals surface area contributed by atoms with Crippen molar-refractivity contribution in [3.8, 4) is 0 Å². The number of hydrogen-bond acceptors (Lipinski definition) is 3. The Morgan fingerprint density at radius 3 is 2.17 bits per heavy atom. The predicted molar refractivity (Wildman–Crippen MR) is 138 cm³/mol. The smallest absolute Gasteiger partial charge is 0.227 e. The molecule has 190 valence electrons. The lowest BCUT2D eigenvalue weighted by molar-refractivity contribution is -0.137. The number of nitrogens with zero attached hydrogens (tertiary/aromatic N) is 3. The third-order valence-corrected chi connectivity index (χ3v) is 8.27. The summed E-state index contributed by atoms with van der Waals surface area (Å²) in [5.74, 6) is -0.809. The molecule has 2 saturated heterocycles. The van der Waals surface area contributed by atoms with Crippen molar-refractivity contribution in [3.63, 3.8) is 0 Å². The number of aryl methyl sites for hydroxylation is 1. The maximum Gasteiger partial charge on any atom is 0.227 e. The molecule has 1 amide bonds. The molecule has 0 aromatic heterocycles. The van der Waals surface area contributed by atoms with E-state index in [0.717, 1.165) is 17.7 Å². The molecule has 0 N–H and O–H groups in total. The topological polar surface area (TPSA) is 26.8 Å². The molecule has 2 heterocycles. The van der Waals surface area contributed by atoms with Gasteiger partial charge in [0.05, 0.1) is 5.92 Å². The molecule has 0 unspecified atom stereocenters. The summed E-state index contributed by atoms with van der Waals surface area (Å²) in [7, 11) is 0. The fourth-order valence-electron chi connectivity index (χ4n) is 5.88. The molecule has 35 heavy (non-hydrogen) atoms. The van der Waals surface area contributed by atoms with Crippen molar-refractivity contribution in [2.75, 3.05) is 31.1 Å². The van der Waals surface area contributed by atoms with Gasteiger partial charge in [-0.2, -0.15) is 0 Å². The second kappa shape index (κ2) is 9.88. The van der Waals surface area contributed by atoms with E-state index in [-0.39, 0.29) is 47.0 Å². The van der Waals surface area contributed by atoms with Gasteiger partial charge in [0, 0.05) is 55.4 Å². The van der Waals surface area contributed by atoms with Crippen LogP contribution in [0.15, 0.2) is 42.5 Å². The van der Waals surface area contributed by atoms with Gasteiger partial charge in [-0.15, -0.1) is 0 Å². The quantitative estimate of drug-likeness (QED) is 0.554. The van der Waals surface area contributed by atoms with Gasteiger partial charge in [0.15, 0.2) is 0 Å². The van der Waals surface area contributed by atoms with Gasteiger partial charge in [0.2, 0.25) is 5.91 Å². The first kappa shape index (κ1) is 25.6. The highest BCUT2D eigenvalue weighted by Crippen LogP contribution is 2.40. The van der Waals surface area contributed by atoms with E-state index in [2.05, 4.69) is 44.4 Å². The zero-order valence-electron chi connectivity index (χ0n) is 21.9. The lowest BCUT2D eigenvalue weighted by Gasteiger charge is -2.46. The molecule has 4 atom stereocenters. The van der Waals surface area contributed by atoms with Crippen LogP contribution in [0, 0.1) is 24.5 Å². The number of likely N-dealkylation sites (tertiary alicyclic amines) is 1. The van der Waals surface area contributed by atoms with Gasteiger partial charge in [-0.05, 0) is 82.5 Å². The summed E-state index contributed by atoms with van der Waals surface area (Å²) in [4.78, 5) is 20.6. The summed E-state index contributed by atoms with van der Waals surface area (Å²) in [6.45, 7) is 15.2. The number of anilines is 1. The largest absolute Gasteiger partial charge is 0.363 e. The first-order chi connectivity index (χ1) is 16.5. The van der Waals surface area contributed by atoms with Crippen molar-refractivity contribution in [2.45, 2.75) is 71.5 Å². The van der Waals surface area contributed by atoms with Crippen LogP contribution in [0.25, 0.3) is 0 Å². The van der Waals surface area contributed by atoms with Gasteiger partial charge in [-0.25, -0.2) is 8.78 Å². The summed E-state index contributed by atoms with van der Waals surface area (Å²) in [5.41, 5.74) is 2.44. The zero-order valence-corrected chi connectivity index (χ0v) is 21.9. The molecule has 0 aliphatic carbocycles. The number of rotatable bonds is 5. The van der Waals surface area contributed by atoms with Gasteiger partial charge < -0.3 is 9.80 Å². The van der Waals surface area contributed by atoms with E-state index >= 15 is 4.39 Å². The Hall–Kier alpha value is -2.47. The van der Waals surface area contributed by atoms with Crippen LogP contribution in [0.4, 0.5) is 14.5 Å². The Balaban J connectivity index is 1.58. The minimum atomic E-state index is -0.283. The Morgan fingerprint density at radius 1 is 0.971 bits per heavy atom. The molecule has 0 spiro atoms. The predicted octanol–water partition coefficient (Wildman–Crippen LogP) is 5.60. The van der Waals surface area contributed by atoms with Crippen LogP contribution in [0.2, 0.25) is 0 Å². The maximum atomic E-state index is 15.1. The molecule has 2 aliphatic rings. The molecule has 6 heteroatoms. The highest BCUT2D eigenvalue weighted by atomic mass is 19.1. The van der Waals surface area contributed by atoms with Crippen LogP contribution in [0.3, 0.4) is 0 Å². The molecular formula is C29H39F2N3O. The molecule has 4 rings (SSSR count). The number of carbonyl (C=O) groups is 1. The molecule has 0 saturated carbocycles. The summed E-state index contributed by atoms with van der Waals surface area (Å²) >= 11 is 0. The number of carbonyl (C=O) groups excluding carboxylic acids is 1. The van der Waals surface area contributed by atoms with Gasteiger partial charge in [-0.3, -0.25) is 9.69 Å². The minimum absolute atomic E-state index is 0.0592. The van der Waals surface area contributed by atoms with E-state index in [0.29, 0.717) is 31.7 Å². The van der Waals surface area contributed by atoms with Crippen LogP contribution in [0.5, 0.6) is 0 Å². The number of benzene rings is 2. The highest BCUT2D eigenvalue weighted by Gasteiger charge is 2.46. The highest BCUT2D eigenvalue weighted by molar-refractivity contribution is 5.81. The van der Waals surface area contributed by atoms with Crippen molar-refractivity contribution in [1.29, 1.82) is 0 Å². The molecule has 2 aromatic carbocycles. The number of halogens is 2. The Kier molecular flexibility index (Phi) is 7.23. The van der Waals surface area contributed by atoms with Crippen molar-refractivity contribution < 1.29 is 13.6 Å². The van der Waals surface area contributed by atoms with Gasteiger partial charge >= 0.3 is 0 Å². The third-order valence-electron chi connectivity index (χ3n) is 8.27. The Morgan fingerprint density at radius 2 is 1.60 bits per heavy atom. The van der Waals surface area contributed by atoms with Crippen LogP contribution in [-0.2, 0) is 4.79 Å². The lowest BCUT2D eigenvalue weighted by Crippen LogP contribution is -2.59. The summed E-state index contributed by atoms with van der Waals surface area (Å²) in [5, 5.41) is 0. The van der Waals surface area contributed by atoms with Crippen LogP contribution < -0.4 is 4.90 Å². The Bertz CT molecular complexity index is 1040. The molecule has 0 radical (unpaired) electrons. The van der Waals surface area contributed by atoms with Crippen LogP contribution >= 0.6 is 0 Å². The molecule has 2 aliphatic heterocycles. The van der Waals surface area contributed by atoms with Crippen LogP contribution in [0.1, 0.15) is 58.1 Å². The van der Waals surface area contributed by atoms with Gasteiger partial charge in [-0.1, -0.05) is 19.1 Å². The molecule has 2 aromatic rings. The fraction of sp³-hybridized carbons (Fsp3) is 0.552. The van der Waals surface area contributed by atoms with Gasteiger partial charge in [0.25, 0.3) is 0 Å². The number of hydrogen-bond donors (Lipinski definition) is 0. The van der Waals surface area contributed by atoms with Crippen molar-refractivity contribution in [2.24, 2.45) is 5.92 Å². The SMILES string of the molecule is CCC(C)(C)N1C[C@H](C(=O)N2C[C@@H](C)N(c3ccc(F)cc3)[C@@H](C)C2)[C@@H](c2ccc(C)cc2F)C1. The van der Waals surface area contributed by atoms with E-state index in [1.807, 2.05) is 24.0 Å². The number of amides is 1. The molecule has 2 fully saturated rings. The first-order valence-electron chi connectivity index (χ1n) is 12.9. The number of piperazine rings is 1. The maximum absolute atomic E-state index is 15.1. The average molecular weight is 484 g/mol. The molecule has 0 bridgehead atoms. The second-order valence-corrected chi connectivity index (χ2v) is 11.1. The summed E-state index contributed by atoms with van der Waals surface area (Å²) < 4.78 is 28.6. The third kappa shape index (κ3) is 5.09. The molecular weight excluding hydrogens is 444 g/mol. The standard InChI is InChI=1S/C29H39F2N3O/c1-7-29(5,6)33-17-25(24-13-8-19(2)14-27(24)31)26(18-33)28(35)32-15-20(3)34(21(4)16-32)23-11-9-22(30)10-12-23/h8-14,20-21,25-26H,7,15-18H2,1-6H3/t20-,21+,25-,26+/m1/s1. The average Bonchev–Trinajstić information content (AvgIpc) is 3.25. The van der Waals surface area contributed by atoms with Crippen molar-refractivity contribution in [3.05, 3.63) is 65.2 Å². The summed E-state index contributed by atoms with van der Waals surface area (Å²) in [6, 6.07) is 12.1. The van der Waals surface area contributed by atoms with Crippen molar-refractivity contribution in [1.82, 2.24) is 9.80 Å². The monoisotopic (exact) mass is 483 g/mol. The van der Waals surface area contributed by atoms with E-state index in [1.165, 1.54) is 12.1 Å². The minimum Gasteiger partial charge on any atom is -0.363 e. The van der Waals surface area contributed by atoms with Crippen LogP contribution in [-0.4, -0.2) is 59.5 Å². The summed E-state index contributed by atoms with van der Waals surface area (Å²) in [6.07, 6.45) is 0.960. The Labute approximate surface area is 208 Å². The lowest BCUT2D eigenvalue weighted by atomic mass is 9.86. The normalized spacial score (nSPS) is 25.8. The van der Waals surface area contributed by atoms with E-state index < -0.39 is 0 Å². The fourth-order valence-corrected chi connectivity index (χ4v) is 5.88. The zero-order chi connectivity index (χ0) is 25.5. The van der Waals surface area contributed by atoms with E-state index in [9.17, 15) is 9.18 Å². The van der Waals surface area contributed by atoms with E-state index in [4.69, 9.17) is 0 Å². The van der Waals surface area contributed by atoms with Gasteiger partial charge in [0.1, 0.15) is 11.6 Å².